The summed E-state index contributed by atoms with van der Waals surface area (Å²) in [6.45, 7) is 4.22. The van der Waals surface area contributed by atoms with Gasteiger partial charge in [0.15, 0.2) is 5.76 Å². The van der Waals surface area contributed by atoms with Crippen molar-refractivity contribution >= 4 is 28.5 Å². The summed E-state index contributed by atoms with van der Waals surface area (Å²) in [5.41, 5.74) is 0.627. The van der Waals surface area contributed by atoms with Gasteiger partial charge in [-0.15, -0.1) is 0 Å². The highest BCUT2D eigenvalue weighted by Gasteiger charge is 2.21. The number of carbonyl (C=O) groups excluding carboxylic acids is 1. The third kappa shape index (κ3) is 2.94. The second kappa shape index (κ2) is 5.98. The first kappa shape index (κ1) is 14.4. The number of rotatable bonds is 4. The summed E-state index contributed by atoms with van der Waals surface area (Å²) < 4.78 is 5.56. The fraction of sp³-hybridized carbons (Fsp3) is 0.333. The Kier molecular flexibility index (Phi) is 4.31. The topological polar surface area (TPSA) is 57.2 Å². The highest BCUT2D eigenvalue weighted by molar-refractivity contribution is 6.31. The summed E-state index contributed by atoms with van der Waals surface area (Å²) in [7, 11) is 0. The van der Waals surface area contributed by atoms with Gasteiger partial charge >= 0.3 is 0 Å². The Morgan fingerprint density at radius 2 is 2.20 bits per heavy atom. The Balaban J connectivity index is 2.31. The highest BCUT2D eigenvalue weighted by Crippen LogP contribution is 2.24. The highest BCUT2D eigenvalue weighted by atomic mass is 35.5. The molecule has 1 aromatic heterocycles. The van der Waals surface area contributed by atoms with Crippen molar-refractivity contribution in [3.63, 3.8) is 0 Å². The molecule has 0 aliphatic heterocycles. The predicted octanol–water partition coefficient (Wildman–Crippen LogP) is 3.85. The molecule has 0 aliphatic carbocycles. The van der Waals surface area contributed by atoms with E-state index in [0.29, 0.717) is 23.6 Å². The van der Waals surface area contributed by atoms with Crippen LogP contribution >= 0.6 is 11.6 Å². The molecule has 0 unspecified atom stereocenters. The SMILES string of the molecule is CC(C)N(CCC#N)C(=O)c1cc2cc(Cl)ccc2o1. The zero-order chi connectivity index (χ0) is 14.7. The molecule has 5 heteroatoms. The number of benzene rings is 1. The Morgan fingerprint density at radius 1 is 1.45 bits per heavy atom. The number of hydrogen-bond donors (Lipinski definition) is 0. The molecule has 20 heavy (non-hydrogen) atoms. The van der Waals surface area contributed by atoms with Gasteiger partial charge in [0.1, 0.15) is 5.58 Å². The molecule has 104 valence electrons. The smallest absolute Gasteiger partial charge is 0.289 e. The zero-order valence-corrected chi connectivity index (χ0v) is 12.1. The standard InChI is InChI=1S/C15H15ClN2O2/c1-10(2)18(7-3-6-17)15(19)14-9-11-8-12(16)4-5-13(11)20-14/h4-5,8-10H,3,7H2,1-2H3. The predicted molar refractivity (Wildman–Crippen MR) is 77.6 cm³/mol. The van der Waals surface area contributed by atoms with Crippen molar-refractivity contribution in [3.05, 3.63) is 35.0 Å². The van der Waals surface area contributed by atoms with Crippen molar-refractivity contribution in [2.24, 2.45) is 0 Å². The monoisotopic (exact) mass is 290 g/mol. The second-order valence-corrected chi connectivity index (χ2v) is 5.23. The number of carbonyl (C=O) groups is 1. The normalized spacial score (nSPS) is 10.8. The average molecular weight is 291 g/mol. The van der Waals surface area contributed by atoms with Crippen molar-refractivity contribution < 1.29 is 9.21 Å². The maximum atomic E-state index is 12.4. The molecular weight excluding hydrogens is 276 g/mol. The van der Waals surface area contributed by atoms with Crippen LogP contribution in [0.15, 0.2) is 28.7 Å². The Morgan fingerprint density at radius 3 is 2.85 bits per heavy atom. The molecule has 1 amide bonds. The van der Waals surface area contributed by atoms with E-state index in [1.54, 1.807) is 29.2 Å². The number of amides is 1. The van der Waals surface area contributed by atoms with Crippen LogP contribution in [0.5, 0.6) is 0 Å². The number of halogens is 1. The number of nitriles is 1. The first-order valence-electron chi connectivity index (χ1n) is 6.40. The molecule has 1 aromatic carbocycles. The zero-order valence-electron chi connectivity index (χ0n) is 11.4. The molecule has 0 fully saturated rings. The summed E-state index contributed by atoms with van der Waals surface area (Å²) in [6, 6.07) is 8.96. The largest absolute Gasteiger partial charge is 0.451 e. The van der Waals surface area contributed by atoms with E-state index in [0.717, 1.165) is 5.39 Å². The third-order valence-corrected chi connectivity index (χ3v) is 3.27. The molecule has 0 aliphatic rings. The number of furan rings is 1. The molecule has 0 N–H and O–H groups in total. The molecule has 0 saturated carbocycles. The third-order valence-electron chi connectivity index (χ3n) is 3.04. The quantitative estimate of drug-likeness (QED) is 0.859. The first-order chi connectivity index (χ1) is 9.52. The number of hydrogen-bond acceptors (Lipinski definition) is 3. The van der Waals surface area contributed by atoms with Gasteiger partial charge in [0, 0.05) is 23.0 Å². The number of fused-ring (bicyclic) bond motifs is 1. The molecule has 0 saturated heterocycles. The lowest BCUT2D eigenvalue weighted by atomic mass is 10.2. The summed E-state index contributed by atoms with van der Waals surface area (Å²) in [5, 5.41) is 10.1. The summed E-state index contributed by atoms with van der Waals surface area (Å²) in [5.74, 6) is 0.0662. The van der Waals surface area contributed by atoms with Gasteiger partial charge < -0.3 is 9.32 Å². The Hall–Kier alpha value is -1.99. The lowest BCUT2D eigenvalue weighted by Crippen LogP contribution is -2.37. The van der Waals surface area contributed by atoms with Crippen molar-refractivity contribution in [1.29, 1.82) is 5.26 Å². The molecule has 0 atom stereocenters. The van der Waals surface area contributed by atoms with E-state index < -0.39 is 0 Å². The van der Waals surface area contributed by atoms with E-state index in [2.05, 4.69) is 6.07 Å². The molecule has 4 nitrogen and oxygen atoms in total. The van der Waals surface area contributed by atoms with Crippen LogP contribution in [-0.2, 0) is 0 Å². The van der Waals surface area contributed by atoms with Crippen LogP contribution in [0, 0.1) is 11.3 Å². The maximum absolute atomic E-state index is 12.4. The summed E-state index contributed by atoms with van der Waals surface area (Å²) >= 11 is 5.92. The van der Waals surface area contributed by atoms with Gasteiger partial charge in [-0.3, -0.25) is 4.79 Å². The maximum Gasteiger partial charge on any atom is 0.289 e. The van der Waals surface area contributed by atoms with Crippen molar-refractivity contribution in [2.75, 3.05) is 6.54 Å². The molecule has 2 rings (SSSR count). The van der Waals surface area contributed by atoms with Crippen molar-refractivity contribution in [1.82, 2.24) is 4.90 Å². The van der Waals surface area contributed by atoms with Gasteiger partial charge in [-0.05, 0) is 38.1 Å². The minimum absolute atomic E-state index is 0.00708. The average Bonchev–Trinajstić information content (AvgIpc) is 2.81. The minimum Gasteiger partial charge on any atom is -0.451 e. The van der Waals surface area contributed by atoms with Crippen LogP contribution < -0.4 is 0 Å². The van der Waals surface area contributed by atoms with Crippen LogP contribution in [0.25, 0.3) is 11.0 Å². The molecule has 1 heterocycles. The minimum atomic E-state index is -0.206. The van der Waals surface area contributed by atoms with E-state index >= 15 is 0 Å². The van der Waals surface area contributed by atoms with Gasteiger partial charge in [0.25, 0.3) is 5.91 Å². The van der Waals surface area contributed by atoms with Gasteiger partial charge in [-0.25, -0.2) is 0 Å². The van der Waals surface area contributed by atoms with Gasteiger partial charge in [0.2, 0.25) is 0 Å². The van der Waals surface area contributed by atoms with E-state index in [4.69, 9.17) is 21.3 Å². The molecule has 2 aromatic rings. The molecule has 0 radical (unpaired) electrons. The fourth-order valence-electron chi connectivity index (χ4n) is 2.03. The van der Waals surface area contributed by atoms with Gasteiger partial charge in [-0.2, -0.15) is 5.26 Å². The lowest BCUT2D eigenvalue weighted by molar-refractivity contribution is 0.0680. The summed E-state index contributed by atoms with van der Waals surface area (Å²) in [6.07, 6.45) is 0.302. The van der Waals surface area contributed by atoms with Crippen LogP contribution in [0.2, 0.25) is 5.02 Å². The van der Waals surface area contributed by atoms with E-state index in [-0.39, 0.29) is 17.7 Å². The van der Waals surface area contributed by atoms with Crippen LogP contribution in [0.1, 0.15) is 30.8 Å². The molecule has 0 spiro atoms. The fourth-order valence-corrected chi connectivity index (χ4v) is 2.21. The van der Waals surface area contributed by atoms with Gasteiger partial charge in [0.05, 0.1) is 12.5 Å². The molecular formula is C15H15ClN2O2. The van der Waals surface area contributed by atoms with E-state index in [1.165, 1.54) is 0 Å². The van der Waals surface area contributed by atoms with Crippen molar-refractivity contribution in [2.45, 2.75) is 26.3 Å². The lowest BCUT2D eigenvalue weighted by Gasteiger charge is -2.24. The van der Waals surface area contributed by atoms with Crippen LogP contribution in [0.4, 0.5) is 0 Å². The Bertz CT molecular complexity index is 670. The summed E-state index contributed by atoms with van der Waals surface area (Å²) in [4.78, 5) is 14.1. The molecule has 0 bridgehead atoms. The second-order valence-electron chi connectivity index (χ2n) is 4.79. The number of nitrogens with zero attached hydrogens (tertiary/aromatic N) is 2. The first-order valence-corrected chi connectivity index (χ1v) is 6.77. The van der Waals surface area contributed by atoms with Crippen LogP contribution in [-0.4, -0.2) is 23.4 Å². The van der Waals surface area contributed by atoms with E-state index in [9.17, 15) is 4.79 Å². The Labute approximate surface area is 122 Å². The van der Waals surface area contributed by atoms with Gasteiger partial charge in [-0.1, -0.05) is 11.6 Å². The van der Waals surface area contributed by atoms with E-state index in [1.807, 2.05) is 13.8 Å². The van der Waals surface area contributed by atoms with Crippen LogP contribution in [0.3, 0.4) is 0 Å². The van der Waals surface area contributed by atoms with Crippen molar-refractivity contribution in [3.8, 4) is 6.07 Å².